The zero-order valence-electron chi connectivity index (χ0n) is 18.4. The Hall–Kier alpha value is -2.85. The Balaban J connectivity index is 1.50. The normalized spacial score (nSPS) is 17.1. The Morgan fingerprint density at radius 3 is 2.65 bits per heavy atom. The van der Waals surface area contributed by atoms with Crippen molar-refractivity contribution in [1.29, 1.82) is 0 Å². The van der Waals surface area contributed by atoms with Gasteiger partial charge in [-0.25, -0.2) is 4.39 Å². The topological polar surface area (TPSA) is 76.2 Å². The average Bonchev–Trinajstić information content (AvgIpc) is 3.44. The molecule has 2 fully saturated rings. The number of nitrogens with zero attached hydrogens (tertiary/aromatic N) is 2. The quantitative estimate of drug-likeness (QED) is 0.461. The van der Waals surface area contributed by atoms with Crippen LogP contribution in [0.3, 0.4) is 0 Å². The maximum absolute atomic E-state index is 13.9. The van der Waals surface area contributed by atoms with E-state index in [1.165, 1.54) is 13.2 Å². The summed E-state index contributed by atoms with van der Waals surface area (Å²) in [5.74, 6) is -0.333. The third-order valence-electron chi connectivity index (χ3n) is 5.51. The summed E-state index contributed by atoms with van der Waals surface area (Å²) in [6, 6.07) is 9.69. The second kappa shape index (κ2) is 10.6. The molecular weight excluding hydrogens is 527 g/mol. The number of hydrogen-bond donors (Lipinski definition) is 0. The van der Waals surface area contributed by atoms with E-state index < -0.39 is 11.1 Å². The third kappa shape index (κ3) is 5.28. The Kier molecular flexibility index (Phi) is 7.57. The molecule has 0 spiro atoms. The van der Waals surface area contributed by atoms with Crippen LogP contribution in [0, 0.1) is 5.82 Å². The number of halogens is 2. The van der Waals surface area contributed by atoms with E-state index in [0.717, 1.165) is 29.5 Å². The van der Waals surface area contributed by atoms with Gasteiger partial charge in [-0.2, -0.15) is 0 Å². The van der Waals surface area contributed by atoms with Crippen LogP contribution < -0.4 is 9.47 Å². The molecule has 0 aromatic heterocycles. The lowest BCUT2D eigenvalue weighted by Crippen LogP contribution is -2.40. The van der Waals surface area contributed by atoms with Crippen LogP contribution in [0.4, 0.5) is 9.18 Å². The van der Waals surface area contributed by atoms with Gasteiger partial charge in [-0.05, 0) is 70.4 Å². The molecule has 0 aliphatic carbocycles. The minimum Gasteiger partial charge on any atom is -0.493 e. The van der Waals surface area contributed by atoms with Gasteiger partial charge >= 0.3 is 0 Å². The SMILES string of the molecule is COc1cc(/C=C2/SC(=O)N(CC(=O)N3CCCC3)C2=O)cc(Br)c1OCc1ccccc1F. The number of ether oxygens (including phenoxy) is 2. The zero-order chi connectivity index (χ0) is 24.2. The molecule has 0 radical (unpaired) electrons. The molecule has 2 heterocycles. The molecule has 2 saturated heterocycles. The molecule has 0 unspecified atom stereocenters. The molecule has 34 heavy (non-hydrogen) atoms. The number of amides is 3. The molecule has 2 aromatic rings. The molecule has 178 valence electrons. The van der Waals surface area contributed by atoms with Crippen molar-refractivity contribution in [2.24, 2.45) is 0 Å². The van der Waals surface area contributed by atoms with E-state index in [1.807, 2.05) is 0 Å². The standard InChI is InChI=1S/C24H22BrFN2O5S/c1-32-19-11-15(10-17(25)22(19)33-14-16-6-2-3-7-18(16)26)12-20-23(30)28(24(31)34-20)13-21(29)27-8-4-5-9-27/h2-3,6-7,10-12H,4-5,8-9,13-14H2,1H3/b20-12+. The van der Waals surface area contributed by atoms with Crippen LogP contribution in [-0.2, 0) is 16.2 Å². The lowest BCUT2D eigenvalue weighted by atomic mass is 10.1. The monoisotopic (exact) mass is 548 g/mol. The van der Waals surface area contributed by atoms with Gasteiger partial charge < -0.3 is 14.4 Å². The Bertz CT molecular complexity index is 1170. The van der Waals surface area contributed by atoms with Crippen LogP contribution in [0.2, 0.25) is 0 Å². The lowest BCUT2D eigenvalue weighted by Gasteiger charge is -2.18. The highest BCUT2D eigenvalue weighted by atomic mass is 79.9. The number of methoxy groups -OCH3 is 1. The predicted octanol–water partition coefficient (Wildman–Crippen LogP) is 4.83. The molecule has 3 amide bonds. The maximum atomic E-state index is 13.9. The van der Waals surface area contributed by atoms with Crippen LogP contribution >= 0.6 is 27.7 Å². The van der Waals surface area contributed by atoms with Gasteiger partial charge in [-0.1, -0.05) is 18.2 Å². The van der Waals surface area contributed by atoms with E-state index in [2.05, 4.69) is 15.9 Å². The summed E-state index contributed by atoms with van der Waals surface area (Å²) in [5, 5.41) is -0.473. The van der Waals surface area contributed by atoms with Gasteiger partial charge in [-0.3, -0.25) is 19.3 Å². The van der Waals surface area contributed by atoms with Gasteiger partial charge in [0, 0.05) is 18.7 Å². The predicted molar refractivity (Wildman–Crippen MR) is 130 cm³/mol. The van der Waals surface area contributed by atoms with Crippen molar-refractivity contribution < 1.29 is 28.2 Å². The highest BCUT2D eigenvalue weighted by molar-refractivity contribution is 9.10. The van der Waals surface area contributed by atoms with Crippen LogP contribution in [0.1, 0.15) is 24.0 Å². The molecular formula is C24H22BrFN2O5S. The Morgan fingerprint density at radius 2 is 1.94 bits per heavy atom. The molecule has 0 bridgehead atoms. The number of hydrogen-bond acceptors (Lipinski definition) is 6. The van der Waals surface area contributed by atoms with Gasteiger partial charge in [0.2, 0.25) is 5.91 Å². The summed E-state index contributed by atoms with van der Waals surface area (Å²) in [4.78, 5) is 40.5. The molecule has 0 atom stereocenters. The van der Waals surface area contributed by atoms with Crippen molar-refractivity contribution in [3.63, 3.8) is 0 Å². The molecule has 2 aliphatic heterocycles. The molecule has 10 heteroatoms. The van der Waals surface area contributed by atoms with E-state index in [4.69, 9.17) is 9.47 Å². The number of carbonyl (C=O) groups is 3. The zero-order valence-corrected chi connectivity index (χ0v) is 20.8. The van der Waals surface area contributed by atoms with Gasteiger partial charge in [-0.15, -0.1) is 0 Å². The van der Waals surface area contributed by atoms with E-state index in [-0.39, 0.29) is 29.8 Å². The fourth-order valence-corrected chi connectivity index (χ4v) is 5.13. The number of thioether (sulfide) groups is 1. The number of likely N-dealkylation sites (tertiary alicyclic amines) is 1. The summed E-state index contributed by atoms with van der Waals surface area (Å²) in [6.07, 6.45) is 3.44. The lowest BCUT2D eigenvalue weighted by molar-refractivity contribution is -0.135. The first-order valence-corrected chi connectivity index (χ1v) is 12.2. The van der Waals surface area contributed by atoms with Crippen molar-refractivity contribution >= 4 is 50.8 Å². The van der Waals surface area contributed by atoms with Crippen LogP contribution in [0.25, 0.3) is 6.08 Å². The molecule has 2 aromatic carbocycles. The van der Waals surface area contributed by atoms with Crippen molar-refractivity contribution in [2.75, 3.05) is 26.7 Å². The highest BCUT2D eigenvalue weighted by Crippen LogP contribution is 2.39. The average molecular weight is 549 g/mol. The second-order valence-electron chi connectivity index (χ2n) is 7.77. The van der Waals surface area contributed by atoms with Crippen LogP contribution in [-0.4, -0.2) is 53.6 Å². The molecule has 2 aliphatic rings. The Labute approximate surface area is 209 Å². The first kappa shape index (κ1) is 24.3. The number of carbonyl (C=O) groups excluding carboxylic acids is 3. The maximum Gasteiger partial charge on any atom is 0.294 e. The summed E-state index contributed by atoms with van der Waals surface area (Å²) in [7, 11) is 1.47. The highest BCUT2D eigenvalue weighted by Gasteiger charge is 2.37. The van der Waals surface area contributed by atoms with Gasteiger partial charge in [0.05, 0.1) is 16.5 Å². The van der Waals surface area contributed by atoms with E-state index in [9.17, 15) is 18.8 Å². The fraction of sp³-hybridized carbons (Fsp3) is 0.292. The summed E-state index contributed by atoms with van der Waals surface area (Å²) in [5.41, 5.74) is 0.996. The van der Waals surface area contributed by atoms with Gasteiger partial charge in [0.25, 0.3) is 11.1 Å². The van der Waals surface area contributed by atoms with E-state index >= 15 is 0 Å². The first-order valence-electron chi connectivity index (χ1n) is 10.6. The smallest absolute Gasteiger partial charge is 0.294 e. The van der Waals surface area contributed by atoms with E-state index in [1.54, 1.807) is 41.3 Å². The summed E-state index contributed by atoms with van der Waals surface area (Å²) in [6.45, 7) is 1.07. The Morgan fingerprint density at radius 1 is 1.21 bits per heavy atom. The van der Waals surface area contributed by atoms with Crippen molar-refractivity contribution in [2.45, 2.75) is 19.4 Å². The minimum atomic E-state index is -0.502. The number of benzene rings is 2. The van der Waals surface area contributed by atoms with Gasteiger partial charge in [0.1, 0.15) is 19.0 Å². The van der Waals surface area contributed by atoms with E-state index in [0.29, 0.717) is 40.2 Å². The summed E-state index contributed by atoms with van der Waals surface area (Å²) >= 11 is 4.23. The van der Waals surface area contributed by atoms with Crippen LogP contribution in [0.15, 0.2) is 45.8 Å². The third-order valence-corrected chi connectivity index (χ3v) is 7.00. The second-order valence-corrected chi connectivity index (χ2v) is 9.62. The summed E-state index contributed by atoms with van der Waals surface area (Å²) < 4.78 is 25.7. The molecule has 4 rings (SSSR count). The van der Waals surface area contributed by atoms with Gasteiger partial charge in [0.15, 0.2) is 11.5 Å². The van der Waals surface area contributed by atoms with Crippen molar-refractivity contribution in [3.8, 4) is 11.5 Å². The fourth-order valence-electron chi connectivity index (χ4n) is 3.72. The van der Waals surface area contributed by atoms with Crippen LogP contribution in [0.5, 0.6) is 11.5 Å². The number of imide groups is 1. The molecule has 0 saturated carbocycles. The molecule has 7 nitrogen and oxygen atoms in total. The largest absolute Gasteiger partial charge is 0.493 e. The van der Waals surface area contributed by atoms with Crippen molar-refractivity contribution in [3.05, 3.63) is 62.7 Å². The molecule has 0 N–H and O–H groups in total. The minimum absolute atomic E-state index is 0.00488. The first-order chi connectivity index (χ1) is 16.4. The van der Waals surface area contributed by atoms with Crippen molar-refractivity contribution in [1.82, 2.24) is 9.80 Å². The number of rotatable bonds is 7.